The molecule has 2 aromatic heterocycles. The van der Waals surface area contributed by atoms with Crippen LogP contribution in [0.15, 0.2) is 5.38 Å². The molecule has 1 atom stereocenters. The van der Waals surface area contributed by atoms with Gasteiger partial charge in [0.05, 0.1) is 28.8 Å². The van der Waals surface area contributed by atoms with Gasteiger partial charge in [0, 0.05) is 18.5 Å². The van der Waals surface area contributed by atoms with Crippen molar-refractivity contribution >= 4 is 33.6 Å². The van der Waals surface area contributed by atoms with E-state index in [1.165, 1.54) is 0 Å². The third-order valence-electron chi connectivity index (χ3n) is 3.40. The number of aromatic nitrogens is 2. The van der Waals surface area contributed by atoms with E-state index in [4.69, 9.17) is 0 Å². The van der Waals surface area contributed by atoms with Gasteiger partial charge in [-0.2, -0.15) is 0 Å². The first-order valence-corrected chi connectivity index (χ1v) is 8.57. The number of anilines is 1. The average molecular weight is 323 g/mol. The van der Waals surface area contributed by atoms with Crippen LogP contribution in [0.3, 0.4) is 0 Å². The number of Topliss-reactive ketones (excluding diaryl/α,β-unsaturated/α-hetero) is 1. The maximum absolute atomic E-state index is 11.2. The predicted octanol–water partition coefficient (Wildman–Crippen LogP) is 2.28. The fourth-order valence-electron chi connectivity index (χ4n) is 2.41. The zero-order chi connectivity index (χ0) is 15.0. The molecular weight excluding hydrogens is 306 g/mol. The lowest BCUT2D eigenvalue weighted by molar-refractivity contribution is -0.116. The molecule has 1 unspecified atom stereocenters. The highest BCUT2D eigenvalue weighted by atomic mass is 32.1. The first kappa shape index (κ1) is 14.6. The van der Waals surface area contributed by atoms with E-state index in [2.05, 4.69) is 14.9 Å². The number of hydrogen-bond acceptors (Lipinski definition) is 7. The van der Waals surface area contributed by atoms with Crippen molar-refractivity contribution in [2.24, 2.45) is 0 Å². The van der Waals surface area contributed by atoms with Gasteiger partial charge in [0.25, 0.3) is 0 Å². The molecule has 2 aromatic rings. The van der Waals surface area contributed by atoms with Crippen LogP contribution < -0.4 is 4.90 Å². The number of aliphatic hydroxyl groups is 1. The van der Waals surface area contributed by atoms with E-state index in [1.807, 2.05) is 12.3 Å². The maximum Gasteiger partial charge on any atom is 0.185 e. The first-order valence-electron chi connectivity index (χ1n) is 6.87. The minimum atomic E-state index is -0.246. The zero-order valence-corrected chi connectivity index (χ0v) is 13.6. The van der Waals surface area contributed by atoms with Crippen LogP contribution in [0.1, 0.15) is 24.0 Å². The van der Waals surface area contributed by atoms with Gasteiger partial charge in [0.2, 0.25) is 0 Å². The summed E-state index contributed by atoms with van der Waals surface area (Å²) in [5, 5.41) is 13.4. The molecule has 1 aliphatic rings. The van der Waals surface area contributed by atoms with Gasteiger partial charge in [-0.15, -0.1) is 22.7 Å². The molecule has 0 amide bonds. The quantitative estimate of drug-likeness (QED) is 0.935. The molecule has 1 aliphatic heterocycles. The number of thiazole rings is 2. The van der Waals surface area contributed by atoms with Crippen molar-refractivity contribution in [3.8, 4) is 10.6 Å². The number of hydrogen-bond donors (Lipinski definition) is 1. The molecule has 3 heterocycles. The van der Waals surface area contributed by atoms with Crippen molar-refractivity contribution in [3.05, 3.63) is 16.1 Å². The highest BCUT2D eigenvalue weighted by Gasteiger charge is 2.23. The third kappa shape index (κ3) is 3.14. The summed E-state index contributed by atoms with van der Waals surface area (Å²) in [6.07, 6.45) is 0.947. The van der Waals surface area contributed by atoms with Crippen LogP contribution in [0.2, 0.25) is 0 Å². The largest absolute Gasteiger partial charge is 0.391 e. The molecule has 1 saturated heterocycles. The van der Waals surface area contributed by atoms with E-state index in [0.29, 0.717) is 13.0 Å². The maximum atomic E-state index is 11.2. The van der Waals surface area contributed by atoms with Crippen molar-refractivity contribution in [1.29, 1.82) is 0 Å². The Bertz CT molecular complexity index is 665. The first-order chi connectivity index (χ1) is 10.0. The van der Waals surface area contributed by atoms with Gasteiger partial charge in [-0.3, -0.25) is 4.79 Å². The van der Waals surface area contributed by atoms with Crippen LogP contribution in [0.4, 0.5) is 5.13 Å². The van der Waals surface area contributed by atoms with Gasteiger partial charge in [0.1, 0.15) is 10.8 Å². The molecule has 3 rings (SSSR count). The van der Waals surface area contributed by atoms with Crippen LogP contribution in [0.5, 0.6) is 0 Å². The lowest BCUT2D eigenvalue weighted by atomic mass is 10.3. The highest BCUT2D eigenvalue weighted by Crippen LogP contribution is 2.34. The topological polar surface area (TPSA) is 66.3 Å². The van der Waals surface area contributed by atoms with Crippen LogP contribution in [-0.2, 0) is 11.2 Å². The van der Waals surface area contributed by atoms with E-state index in [-0.39, 0.29) is 11.9 Å². The lowest BCUT2D eigenvalue weighted by Crippen LogP contribution is -2.20. The second-order valence-electron chi connectivity index (χ2n) is 5.30. The van der Waals surface area contributed by atoms with Crippen molar-refractivity contribution in [1.82, 2.24) is 9.97 Å². The molecule has 5 nitrogen and oxygen atoms in total. The number of carbonyl (C=O) groups is 1. The molecule has 21 heavy (non-hydrogen) atoms. The Balaban J connectivity index is 1.83. The zero-order valence-electron chi connectivity index (χ0n) is 12.0. The lowest BCUT2D eigenvalue weighted by Gasteiger charge is -2.12. The summed E-state index contributed by atoms with van der Waals surface area (Å²) in [6.45, 7) is 5.04. The monoisotopic (exact) mass is 323 g/mol. The summed E-state index contributed by atoms with van der Waals surface area (Å²) < 4.78 is 0. The summed E-state index contributed by atoms with van der Waals surface area (Å²) in [4.78, 5) is 23.5. The smallest absolute Gasteiger partial charge is 0.185 e. The van der Waals surface area contributed by atoms with E-state index < -0.39 is 0 Å². The Morgan fingerprint density at radius 3 is 3.00 bits per heavy atom. The van der Waals surface area contributed by atoms with Crippen LogP contribution >= 0.6 is 22.7 Å². The number of β-amino-alcohol motifs (C(OH)–C–C–N with tert-alkyl or cyclic N) is 1. The van der Waals surface area contributed by atoms with Crippen LogP contribution in [-0.4, -0.2) is 40.1 Å². The van der Waals surface area contributed by atoms with Crippen molar-refractivity contribution in [2.45, 2.75) is 32.8 Å². The Morgan fingerprint density at radius 2 is 2.33 bits per heavy atom. The predicted molar refractivity (Wildman–Crippen MR) is 85.2 cm³/mol. The summed E-state index contributed by atoms with van der Waals surface area (Å²) in [6, 6.07) is 0. The number of aryl methyl sites for hydroxylation is 1. The second-order valence-corrected chi connectivity index (χ2v) is 7.22. The number of aliphatic hydroxyl groups excluding tert-OH is 1. The second kappa shape index (κ2) is 5.82. The summed E-state index contributed by atoms with van der Waals surface area (Å²) in [7, 11) is 0. The summed E-state index contributed by atoms with van der Waals surface area (Å²) >= 11 is 3.13. The molecule has 0 aliphatic carbocycles. The minimum Gasteiger partial charge on any atom is -0.391 e. The Kier molecular flexibility index (Phi) is 4.05. The Hall–Kier alpha value is -1.31. The molecule has 0 spiro atoms. The van der Waals surface area contributed by atoms with Gasteiger partial charge in [0.15, 0.2) is 5.13 Å². The normalized spacial score (nSPS) is 18.4. The van der Waals surface area contributed by atoms with Gasteiger partial charge in [-0.05, 0) is 20.3 Å². The summed E-state index contributed by atoms with van der Waals surface area (Å²) in [5.74, 6) is 0.125. The summed E-state index contributed by atoms with van der Waals surface area (Å²) in [5.41, 5.74) is 1.84. The average Bonchev–Trinajstić information content (AvgIpc) is 3.08. The third-order valence-corrected chi connectivity index (χ3v) is 5.48. The molecule has 0 saturated carbocycles. The van der Waals surface area contributed by atoms with Crippen LogP contribution in [0.25, 0.3) is 10.6 Å². The minimum absolute atomic E-state index is 0.125. The molecule has 1 N–H and O–H groups in total. The number of rotatable bonds is 4. The molecular formula is C14H17N3O2S2. The van der Waals surface area contributed by atoms with Gasteiger partial charge in [-0.25, -0.2) is 9.97 Å². The van der Waals surface area contributed by atoms with Crippen molar-refractivity contribution < 1.29 is 9.90 Å². The molecule has 0 bridgehead atoms. The van der Waals surface area contributed by atoms with E-state index >= 15 is 0 Å². The molecule has 112 valence electrons. The van der Waals surface area contributed by atoms with E-state index in [0.717, 1.165) is 39.4 Å². The number of carbonyl (C=O) groups excluding carboxylic acids is 1. The fourth-order valence-corrected chi connectivity index (χ4v) is 4.43. The number of nitrogens with zero attached hydrogens (tertiary/aromatic N) is 3. The molecule has 0 aromatic carbocycles. The molecule has 7 heteroatoms. The Labute approximate surface area is 131 Å². The number of ketones is 1. The fraction of sp³-hybridized carbons (Fsp3) is 0.500. The molecule has 0 radical (unpaired) electrons. The van der Waals surface area contributed by atoms with E-state index in [9.17, 15) is 9.90 Å². The van der Waals surface area contributed by atoms with Gasteiger partial charge < -0.3 is 10.0 Å². The van der Waals surface area contributed by atoms with E-state index in [1.54, 1.807) is 29.6 Å². The molecule has 1 fully saturated rings. The highest BCUT2D eigenvalue weighted by molar-refractivity contribution is 7.17. The van der Waals surface area contributed by atoms with Gasteiger partial charge >= 0.3 is 0 Å². The Morgan fingerprint density at radius 1 is 1.52 bits per heavy atom. The SMILES string of the molecule is CC(=O)Cc1nc(C)c(-c2csc(N3CCC(O)C3)n2)s1. The van der Waals surface area contributed by atoms with Gasteiger partial charge in [-0.1, -0.05) is 0 Å². The van der Waals surface area contributed by atoms with Crippen molar-refractivity contribution in [3.63, 3.8) is 0 Å². The standard InChI is InChI=1S/C14H17N3O2S2/c1-8(18)5-12-15-9(2)13(21-12)11-7-20-14(16-11)17-4-3-10(19)6-17/h7,10,19H,3-6H2,1-2H3. The van der Waals surface area contributed by atoms with Crippen molar-refractivity contribution in [2.75, 3.05) is 18.0 Å². The van der Waals surface area contributed by atoms with Crippen LogP contribution in [0, 0.1) is 6.92 Å².